The van der Waals surface area contributed by atoms with Gasteiger partial charge in [0, 0.05) is 43.0 Å². The van der Waals surface area contributed by atoms with Crippen LogP contribution in [0.5, 0.6) is 0 Å². The van der Waals surface area contributed by atoms with Crippen molar-refractivity contribution in [2.24, 2.45) is 5.92 Å². The van der Waals surface area contributed by atoms with Gasteiger partial charge in [0.15, 0.2) is 0 Å². The Hall–Kier alpha value is -2.89. The smallest absolute Gasteiger partial charge is 0.251 e. The first-order valence-corrected chi connectivity index (χ1v) is 9.92. The van der Waals surface area contributed by atoms with Crippen molar-refractivity contribution < 1.29 is 9.59 Å². The highest BCUT2D eigenvalue weighted by atomic mass is 16.2. The fraction of sp³-hybridized carbons (Fsp3) is 0.409. The number of amides is 2. The molecule has 2 heterocycles. The molecule has 1 fully saturated rings. The average molecular weight is 380 g/mol. The van der Waals surface area contributed by atoms with Crippen molar-refractivity contribution in [2.45, 2.75) is 39.7 Å². The number of piperidine rings is 1. The minimum absolute atomic E-state index is 0.0438. The summed E-state index contributed by atoms with van der Waals surface area (Å²) in [5.41, 5.74) is 2.21. The first-order valence-electron chi connectivity index (χ1n) is 9.92. The zero-order valence-corrected chi connectivity index (χ0v) is 16.6. The Balaban J connectivity index is 1.51. The van der Waals surface area contributed by atoms with E-state index >= 15 is 0 Å². The summed E-state index contributed by atoms with van der Waals surface area (Å²) < 4.78 is 0. The van der Waals surface area contributed by atoms with Crippen LogP contribution in [0.4, 0.5) is 11.5 Å². The Labute approximate surface area is 166 Å². The number of rotatable bonds is 6. The van der Waals surface area contributed by atoms with Gasteiger partial charge in [-0.15, -0.1) is 0 Å². The molecule has 1 aromatic carbocycles. The molecule has 1 aliphatic rings. The lowest BCUT2D eigenvalue weighted by molar-refractivity contribution is -0.118. The molecule has 3 rings (SSSR count). The lowest BCUT2D eigenvalue weighted by atomic mass is 10.1. The molecule has 2 N–H and O–H groups in total. The third kappa shape index (κ3) is 5.31. The van der Waals surface area contributed by atoms with Crippen molar-refractivity contribution in [1.29, 1.82) is 0 Å². The number of hydrogen-bond donors (Lipinski definition) is 2. The summed E-state index contributed by atoms with van der Waals surface area (Å²) in [5, 5.41) is 5.73. The number of benzene rings is 1. The van der Waals surface area contributed by atoms with Crippen molar-refractivity contribution in [3.63, 3.8) is 0 Å². The normalized spacial score (nSPS) is 14.0. The molecule has 1 aliphatic heterocycles. The molecular weight excluding hydrogens is 352 g/mol. The maximum atomic E-state index is 12.3. The molecule has 6 nitrogen and oxygen atoms in total. The zero-order valence-electron chi connectivity index (χ0n) is 16.6. The van der Waals surface area contributed by atoms with E-state index in [4.69, 9.17) is 0 Å². The van der Waals surface area contributed by atoms with Crippen LogP contribution in [-0.4, -0.2) is 29.9 Å². The quantitative estimate of drug-likeness (QED) is 0.803. The fourth-order valence-corrected chi connectivity index (χ4v) is 3.11. The highest BCUT2D eigenvalue weighted by molar-refractivity contribution is 5.96. The van der Waals surface area contributed by atoms with Crippen molar-refractivity contribution in [3.05, 3.63) is 53.7 Å². The van der Waals surface area contributed by atoms with E-state index in [0.717, 1.165) is 24.5 Å². The van der Waals surface area contributed by atoms with Gasteiger partial charge >= 0.3 is 0 Å². The Morgan fingerprint density at radius 3 is 2.36 bits per heavy atom. The molecule has 6 heteroatoms. The standard InChI is InChI=1S/C22H28N4O2/c1-16(2)21(27)25-19-9-7-18(8-10-19)22(28)24-15-17-6-11-20(23-14-17)26-12-4-3-5-13-26/h6-11,14,16H,3-5,12-13,15H2,1-2H3,(H,24,28)(H,25,27). The van der Waals surface area contributed by atoms with Crippen molar-refractivity contribution in [2.75, 3.05) is 23.3 Å². The molecule has 1 aromatic heterocycles. The number of pyridine rings is 1. The minimum Gasteiger partial charge on any atom is -0.357 e. The SMILES string of the molecule is CC(C)C(=O)Nc1ccc(C(=O)NCc2ccc(N3CCCCC3)nc2)cc1. The van der Waals surface area contributed by atoms with Crippen molar-refractivity contribution in [1.82, 2.24) is 10.3 Å². The summed E-state index contributed by atoms with van der Waals surface area (Å²) >= 11 is 0. The van der Waals surface area contributed by atoms with Gasteiger partial charge in [-0.25, -0.2) is 4.98 Å². The van der Waals surface area contributed by atoms with Crippen molar-refractivity contribution in [3.8, 4) is 0 Å². The van der Waals surface area contributed by atoms with E-state index in [-0.39, 0.29) is 17.7 Å². The summed E-state index contributed by atoms with van der Waals surface area (Å²) in [6.07, 6.45) is 5.57. The second-order valence-electron chi connectivity index (χ2n) is 7.48. The first-order chi connectivity index (χ1) is 13.5. The monoisotopic (exact) mass is 380 g/mol. The first kappa shape index (κ1) is 19.9. The van der Waals surface area contributed by atoms with Crippen LogP contribution in [0.15, 0.2) is 42.6 Å². The lowest BCUT2D eigenvalue weighted by Crippen LogP contribution is -2.30. The molecule has 0 bridgehead atoms. The zero-order chi connectivity index (χ0) is 19.9. The maximum Gasteiger partial charge on any atom is 0.251 e. The van der Waals surface area contributed by atoms with E-state index in [9.17, 15) is 9.59 Å². The molecule has 0 spiro atoms. The lowest BCUT2D eigenvalue weighted by Gasteiger charge is -2.27. The van der Waals surface area contributed by atoms with Crippen molar-refractivity contribution >= 4 is 23.3 Å². The number of carbonyl (C=O) groups is 2. The highest BCUT2D eigenvalue weighted by Gasteiger charge is 2.12. The summed E-state index contributed by atoms with van der Waals surface area (Å²) in [4.78, 5) is 30.9. The van der Waals surface area contributed by atoms with Gasteiger partial charge in [-0.2, -0.15) is 0 Å². The summed E-state index contributed by atoms with van der Waals surface area (Å²) in [6.45, 7) is 6.24. The summed E-state index contributed by atoms with van der Waals surface area (Å²) in [5.74, 6) is 0.728. The number of nitrogens with zero attached hydrogens (tertiary/aromatic N) is 2. The van der Waals surface area contributed by atoms with Gasteiger partial charge in [0.05, 0.1) is 0 Å². The second-order valence-corrected chi connectivity index (χ2v) is 7.48. The number of aromatic nitrogens is 1. The fourth-order valence-electron chi connectivity index (χ4n) is 3.11. The third-order valence-corrected chi connectivity index (χ3v) is 4.88. The topological polar surface area (TPSA) is 74.3 Å². The Morgan fingerprint density at radius 1 is 1.04 bits per heavy atom. The molecule has 2 aromatic rings. The van der Waals surface area contributed by atoms with Crippen LogP contribution in [0.2, 0.25) is 0 Å². The molecule has 1 saturated heterocycles. The molecule has 0 unspecified atom stereocenters. The Bertz CT molecular complexity index is 794. The molecule has 148 valence electrons. The number of nitrogens with one attached hydrogen (secondary N) is 2. The van der Waals surface area contributed by atoms with Crippen LogP contribution in [0.1, 0.15) is 49.0 Å². The predicted octanol–water partition coefficient (Wildman–Crippen LogP) is 3.60. The molecule has 0 atom stereocenters. The third-order valence-electron chi connectivity index (χ3n) is 4.88. The van der Waals surface area contributed by atoms with Crippen LogP contribution in [-0.2, 0) is 11.3 Å². The van der Waals surface area contributed by atoms with Crippen LogP contribution in [0, 0.1) is 5.92 Å². The molecule has 0 radical (unpaired) electrons. The second kappa shape index (κ2) is 9.35. The molecule has 0 saturated carbocycles. The van der Waals surface area contributed by atoms with Crippen LogP contribution in [0.25, 0.3) is 0 Å². The van der Waals surface area contributed by atoms with E-state index in [1.54, 1.807) is 24.3 Å². The molecular formula is C22H28N4O2. The number of anilines is 2. The van der Waals surface area contributed by atoms with Gasteiger partial charge in [-0.05, 0) is 55.2 Å². The summed E-state index contributed by atoms with van der Waals surface area (Å²) in [6, 6.07) is 10.9. The van der Waals surface area contributed by atoms with Crippen LogP contribution in [0.3, 0.4) is 0 Å². The van der Waals surface area contributed by atoms with E-state index in [0.29, 0.717) is 17.8 Å². The van der Waals surface area contributed by atoms with Gasteiger partial charge in [0.2, 0.25) is 5.91 Å². The van der Waals surface area contributed by atoms with Gasteiger partial charge in [-0.1, -0.05) is 19.9 Å². The minimum atomic E-state index is -0.151. The summed E-state index contributed by atoms with van der Waals surface area (Å²) in [7, 11) is 0. The number of carbonyl (C=O) groups excluding carboxylic acids is 2. The maximum absolute atomic E-state index is 12.3. The molecule has 0 aliphatic carbocycles. The molecule has 28 heavy (non-hydrogen) atoms. The van der Waals surface area contributed by atoms with Gasteiger partial charge in [0.25, 0.3) is 5.91 Å². The van der Waals surface area contributed by atoms with E-state index in [1.165, 1.54) is 19.3 Å². The van der Waals surface area contributed by atoms with E-state index < -0.39 is 0 Å². The van der Waals surface area contributed by atoms with E-state index in [2.05, 4.69) is 20.5 Å². The number of hydrogen-bond acceptors (Lipinski definition) is 4. The molecule has 2 amide bonds. The van der Waals surface area contributed by atoms with Crippen LogP contribution < -0.4 is 15.5 Å². The van der Waals surface area contributed by atoms with Gasteiger partial charge in [0.1, 0.15) is 5.82 Å². The largest absolute Gasteiger partial charge is 0.357 e. The highest BCUT2D eigenvalue weighted by Crippen LogP contribution is 2.17. The predicted molar refractivity (Wildman–Crippen MR) is 111 cm³/mol. The Morgan fingerprint density at radius 2 is 1.75 bits per heavy atom. The average Bonchev–Trinajstić information content (AvgIpc) is 2.73. The van der Waals surface area contributed by atoms with Gasteiger partial charge in [-0.3, -0.25) is 9.59 Å². The Kier molecular flexibility index (Phi) is 6.63. The van der Waals surface area contributed by atoms with Crippen LogP contribution >= 0.6 is 0 Å². The van der Waals surface area contributed by atoms with E-state index in [1.807, 2.05) is 32.2 Å². The van der Waals surface area contributed by atoms with Gasteiger partial charge < -0.3 is 15.5 Å².